The van der Waals surface area contributed by atoms with Crippen LogP contribution in [0.15, 0.2) is 28.9 Å². The quantitative estimate of drug-likeness (QED) is 0.766. The molecule has 1 saturated heterocycles. The first-order chi connectivity index (χ1) is 13.1. The summed E-state index contributed by atoms with van der Waals surface area (Å²) < 4.78 is 21.6. The standard InChI is InChI=1S/C19H23N3O5/c1-21-6-5-13(8-21)9-22(2)19(23)15-10-25-18(20-15)11-24-14-3-4-16-17(7-14)27-12-26-16/h3-4,7,10,13H,5-6,8-9,11-12H2,1-2H3. The van der Waals surface area contributed by atoms with Gasteiger partial charge in [-0.1, -0.05) is 0 Å². The van der Waals surface area contributed by atoms with Crippen molar-refractivity contribution in [3.8, 4) is 17.2 Å². The van der Waals surface area contributed by atoms with E-state index in [1.807, 2.05) is 0 Å². The van der Waals surface area contributed by atoms with Crippen molar-refractivity contribution >= 4 is 5.91 Å². The topological polar surface area (TPSA) is 77.3 Å². The van der Waals surface area contributed by atoms with Crippen molar-refractivity contribution in [3.63, 3.8) is 0 Å². The summed E-state index contributed by atoms with van der Waals surface area (Å²) in [5.74, 6) is 2.68. The maximum absolute atomic E-state index is 12.5. The number of rotatable bonds is 6. The van der Waals surface area contributed by atoms with E-state index >= 15 is 0 Å². The lowest BCUT2D eigenvalue weighted by atomic mass is 10.1. The van der Waals surface area contributed by atoms with Crippen molar-refractivity contribution in [1.29, 1.82) is 0 Å². The second-order valence-corrected chi connectivity index (χ2v) is 7.03. The molecule has 0 saturated carbocycles. The zero-order valence-electron chi connectivity index (χ0n) is 15.5. The molecule has 2 aromatic rings. The van der Waals surface area contributed by atoms with E-state index in [9.17, 15) is 4.79 Å². The lowest BCUT2D eigenvalue weighted by molar-refractivity contribution is 0.0768. The third kappa shape index (κ3) is 4.00. The van der Waals surface area contributed by atoms with Crippen molar-refractivity contribution in [2.24, 2.45) is 5.92 Å². The minimum absolute atomic E-state index is 0.129. The van der Waals surface area contributed by atoms with Gasteiger partial charge in [0.2, 0.25) is 12.7 Å². The molecule has 0 aliphatic carbocycles. The molecule has 1 aromatic carbocycles. The molecule has 0 radical (unpaired) electrons. The molecule has 144 valence electrons. The highest BCUT2D eigenvalue weighted by molar-refractivity contribution is 5.91. The van der Waals surface area contributed by atoms with E-state index in [0.29, 0.717) is 34.8 Å². The van der Waals surface area contributed by atoms with Gasteiger partial charge in [0.25, 0.3) is 5.91 Å². The predicted molar refractivity (Wildman–Crippen MR) is 96.0 cm³/mol. The van der Waals surface area contributed by atoms with Crippen molar-refractivity contribution < 1.29 is 23.4 Å². The Labute approximate surface area is 157 Å². The highest BCUT2D eigenvalue weighted by Gasteiger charge is 2.24. The summed E-state index contributed by atoms with van der Waals surface area (Å²) in [6, 6.07) is 5.33. The van der Waals surface area contributed by atoms with Crippen LogP contribution in [0.5, 0.6) is 17.2 Å². The number of hydrogen-bond donors (Lipinski definition) is 0. The number of carbonyl (C=O) groups excluding carboxylic acids is 1. The SMILES string of the molecule is CN1CCC(CN(C)C(=O)c2coc(COc3ccc4c(c3)OCO4)n2)C1. The predicted octanol–water partition coefficient (Wildman–Crippen LogP) is 2.01. The lowest BCUT2D eigenvalue weighted by Crippen LogP contribution is -2.33. The number of hydrogen-bond acceptors (Lipinski definition) is 7. The molecular weight excluding hydrogens is 350 g/mol. The van der Waals surface area contributed by atoms with Crippen LogP contribution in [0.2, 0.25) is 0 Å². The molecule has 0 spiro atoms. The molecule has 1 atom stereocenters. The molecule has 2 aliphatic heterocycles. The maximum atomic E-state index is 12.5. The maximum Gasteiger partial charge on any atom is 0.275 e. The molecule has 1 amide bonds. The van der Waals surface area contributed by atoms with E-state index in [1.165, 1.54) is 6.26 Å². The molecule has 1 unspecified atom stereocenters. The van der Waals surface area contributed by atoms with Gasteiger partial charge >= 0.3 is 0 Å². The number of likely N-dealkylation sites (tertiary alicyclic amines) is 1. The van der Waals surface area contributed by atoms with Crippen LogP contribution in [0, 0.1) is 5.92 Å². The summed E-state index contributed by atoms with van der Waals surface area (Å²) >= 11 is 0. The summed E-state index contributed by atoms with van der Waals surface area (Å²) in [7, 11) is 3.91. The highest BCUT2D eigenvalue weighted by Crippen LogP contribution is 2.35. The fraction of sp³-hybridized carbons (Fsp3) is 0.474. The molecular formula is C19H23N3O5. The molecule has 3 heterocycles. The number of benzene rings is 1. The Morgan fingerprint density at radius 1 is 1.37 bits per heavy atom. The molecule has 1 fully saturated rings. The minimum atomic E-state index is -0.136. The van der Waals surface area contributed by atoms with Crippen LogP contribution >= 0.6 is 0 Å². The zero-order valence-corrected chi connectivity index (χ0v) is 15.5. The van der Waals surface area contributed by atoms with Crippen molar-refractivity contribution in [3.05, 3.63) is 36.0 Å². The highest BCUT2D eigenvalue weighted by atomic mass is 16.7. The molecule has 0 N–H and O–H groups in total. The van der Waals surface area contributed by atoms with E-state index < -0.39 is 0 Å². The number of ether oxygens (including phenoxy) is 3. The van der Waals surface area contributed by atoms with Crippen LogP contribution in [-0.2, 0) is 6.61 Å². The molecule has 27 heavy (non-hydrogen) atoms. The fourth-order valence-corrected chi connectivity index (χ4v) is 3.43. The summed E-state index contributed by atoms with van der Waals surface area (Å²) in [4.78, 5) is 20.8. The van der Waals surface area contributed by atoms with Crippen LogP contribution < -0.4 is 14.2 Å². The number of carbonyl (C=O) groups is 1. The van der Waals surface area contributed by atoms with E-state index in [1.54, 1.807) is 30.1 Å². The summed E-state index contributed by atoms with van der Waals surface area (Å²) in [6.07, 6.45) is 2.50. The van der Waals surface area contributed by atoms with E-state index in [-0.39, 0.29) is 19.3 Å². The van der Waals surface area contributed by atoms with Gasteiger partial charge in [0.05, 0.1) is 0 Å². The van der Waals surface area contributed by atoms with Gasteiger partial charge in [-0.05, 0) is 38.1 Å². The Balaban J connectivity index is 1.32. The van der Waals surface area contributed by atoms with Crippen LogP contribution in [0.4, 0.5) is 0 Å². The van der Waals surface area contributed by atoms with Gasteiger partial charge in [0.15, 0.2) is 23.8 Å². The smallest absolute Gasteiger partial charge is 0.275 e. The van der Waals surface area contributed by atoms with Crippen LogP contribution in [0.1, 0.15) is 22.8 Å². The van der Waals surface area contributed by atoms with Gasteiger partial charge in [-0.3, -0.25) is 4.79 Å². The second-order valence-electron chi connectivity index (χ2n) is 7.03. The second kappa shape index (κ2) is 7.48. The van der Waals surface area contributed by atoms with E-state index in [4.69, 9.17) is 18.6 Å². The van der Waals surface area contributed by atoms with Crippen molar-refractivity contribution in [1.82, 2.24) is 14.8 Å². The first-order valence-electron chi connectivity index (χ1n) is 8.99. The van der Waals surface area contributed by atoms with Crippen LogP contribution in [-0.4, -0.2) is 61.2 Å². The van der Waals surface area contributed by atoms with Gasteiger partial charge in [0, 0.05) is 26.2 Å². The molecule has 4 rings (SSSR count). The van der Waals surface area contributed by atoms with Gasteiger partial charge < -0.3 is 28.4 Å². The Kier molecular flexibility index (Phi) is 4.89. The number of nitrogens with zero attached hydrogens (tertiary/aromatic N) is 3. The Morgan fingerprint density at radius 2 is 2.22 bits per heavy atom. The number of amides is 1. The normalized spacial score (nSPS) is 18.7. The average molecular weight is 373 g/mol. The zero-order chi connectivity index (χ0) is 18.8. The van der Waals surface area contributed by atoms with Crippen LogP contribution in [0.3, 0.4) is 0 Å². The monoisotopic (exact) mass is 373 g/mol. The largest absolute Gasteiger partial charge is 0.484 e. The third-order valence-corrected chi connectivity index (χ3v) is 4.84. The lowest BCUT2D eigenvalue weighted by Gasteiger charge is -2.20. The Hall–Kier alpha value is -2.74. The first kappa shape index (κ1) is 17.7. The van der Waals surface area contributed by atoms with Gasteiger partial charge in [-0.15, -0.1) is 0 Å². The van der Waals surface area contributed by atoms with Gasteiger partial charge in [-0.25, -0.2) is 4.98 Å². The Morgan fingerprint density at radius 3 is 3.04 bits per heavy atom. The van der Waals surface area contributed by atoms with Crippen molar-refractivity contribution in [2.45, 2.75) is 13.0 Å². The molecule has 1 aromatic heterocycles. The average Bonchev–Trinajstić information content (AvgIpc) is 3.39. The Bertz CT molecular complexity index is 821. The van der Waals surface area contributed by atoms with E-state index in [0.717, 1.165) is 26.1 Å². The summed E-state index contributed by atoms with van der Waals surface area (Å²) in [5, 5.41) is 0. The number of aromatic nitrogens is 1. The number of fused-ring (bicyclic) bond motifs is 1. The fourth-order valence-electron chi connectivity index (χ4n) is 3.43. The minimum Gasteiger partial charge on any atom is -0.484 e. The summed E-state index contributed by atoms with van der Waals surface area (Å²) in [6.45, 7) is 3.17. The van der Waals surface area contributed by atoms with Crippen LogP contribution in [0.25, 0.3) is 0 Å². The first-order valence-corrected chi connectivity index (χ1v) is 8.99. The summed E-state index contributed by atoms with van der Waals surface area (Å²) in [5.41, 5.74) is 0.299. The third-order valence-electron chi connectivity index (χ3n) is 4.84. The number of oxazole rings is 1. The molecule has 8 heteroatoms. The molecule has 8 nitrogen and oxygen atoms in total. The van der Waals surface area contributed by atoms with Gasteiger partial charge in [0.1, 0.15) is 12.0 Å². The van der Waals surface area contributed by atoms with Gasteiger partial charge in [-0.2, -0.15) is 0 Å². The van der Waals surface area contributed by atoms with Crippen molar-refractivity contribution in [2.75, 3.05) is 40.5 Å². The molecule has 0 bridgehead atoms. The molecule has 2 aliphatic rings. The van der Waals surface area contributed by atoms with E-state index in [2.05, 4.69) is 16.9 Å².